The van der Waals surface area contributed by atoms with Gasteiger partial charge in [-0.25, -0.2) is 14.2 Å². The van der Waals surface area contributed by atoms with Gasteiger partial charge in [0.15, 0.2) is 0 Å². The van der Waals surface area contributed by atoms with Crippen molar-refractivity contribution < 1.29 is 18.0 Å². The van der Waals surface area contributed by atoms with Gasteiger partial charge < -0.3 is 5.32 Å². The molecule has 1 amide bonds. The molecule has 0 saturated carbocycles. The minimum Gasteiger partial charge on any atom is -0.311 e. The molecular weight excluding hydrogens is 447 g/mol. The van der Waals surface area contributed by atoms with E-state index in [1.165, 1.54) is 5.56 Å². The fraction of sp³-hybridized carbons (Fsp3) is 0.348. The molecule has 3 heterocycles. The summed E-state index contributed by atoms with van der Waals surface area (Å²) >= 11 is 0. The molecule has 0 unspecified atom stereocenters. The predicted octanol–water partition coefficient (Wildman–Crippen LogP) is 4.14. The number of alkyl halides is 3. The highest BCUT2D eigenvalue weighted by molar-refractivity contribution is 5.90. The Kier molecular flexibility index (Phi) is 6.36. The SMILES string of the molecule is CCc1ccc(Cn2nccc2NC(=O)CCc2c(C)nc3nc(C(F)(F)F)nn3c2C)cc1. The van der Waals surface area contributed by atoms with Gasteiger partial charge in [0.2, 0.25) is 5.91 Å². The number of carbonyl (C=O) groups is 1. The Labute approximate surface area is 193 Å². The summed E-state index contributed by atoms with van der Waals surface area (Å²) in [4.78, 5) is 20.3. The molecule has 178 valence electrons. The quantitative estimate of drug-likeness (QED) is 0.438. The van der Waals surface area contributed by atoms with Crippen LogP contribution in [0.25, 0.3) is 5.78 Å². The first kappa shape index (κ1) is 23.4. The highest BCUT2D eigenvalue weighted by atomic mass is 19.4. The van der Waals surface area contributed by atoms with Crippen molar-refractivity contribution in [2.45, 2.75) is 52.8 Å². The lowest BCUT2D eigenvalue weighted by atomic mass is 10.1. The maximum Gasteiger partial charge on any atom is 0.453 e. The molecule has 0 aliphatic rings. The van der Waals surface area contributed by atoms with Crippen molar-refractivity contribution in [1.82, 2.24) is 29.4 Å². The van der Waals surface area contributed by atoms with E-state index in [-0.39, 0.29) is 18.1 Å². The lowest BCUT2D eigenvalue weighted by molar-refractivity contribution is -0.144. The van der Waals surface area contributed by atoms with Gasteiger partial charge in [0.1, 0.15) is 5.82 Å². The first-order valence-electron chi connectivity index (χ1n) is 10.8. The molecule has 0 aliphatic heterocycles. The number of halogens is 3. The minimum absolute atomic E-state index is 0.117. The van der Waals surface area contributed by atoms with E-state index < -0.39 is 12.0 Å². The minimum atomic E-state index is -4.66. The predicted molar refractivity (Wildman–Crippen MR) is 119 cm³/mol. The summed E-state index contributed by atoms with van der Waals surface area (Å²) in [7, 11) is 0. The Morgan fingerprint density at radius 2 is 1.76 bits per heavy atom. The van der Waals surface area contributed by atoms with Gasteiger partial charge in [0.05, 0.1) is 12.7 Å². The highest BCUT2D eigenvalue weighted by Gasteiger charge is 2.37. The van der Waals surface area contributed by atoms with Crippen LogP contribution in [0.5, 0.6) is 0 Å². The summed E-state index contributed by atoms with van der Waals surface area (Å²) in [6.45, 7) is 5.93. The zero-order valence-corrected chi connectivity index (χ0v) is 19.0. The first-order valence-corrected chi connectivity index (χ1v) is 10.8. The molecule has 0 aliphatic carbocycles. The second-order valence-corrected chi connectivity index (χ2v) is 8.00. The molecule has 1 N–H and O–H groups in total. The zero-order chi connectivity index (χ0) is 24.5. The zero-order valence-electron chi connectivity index (χ0n) is 19.0. The maximum absolute atomic E-state index is 13.0. The number of hydrogen-bond acceptors (Lipinski definition) is 5. The smallest absolute Gasteiger partial charge is 0.311 e. The van der Waals surface area contributed by atoms with Crippen molar-refractivity contribution in [2.24, 2.45) is 0 Å². The summed E-state index contributed by atoms with van der Waals surface area (Å²) in [5, 5.41) is 10.7. The number of benzene rings is 1. The Hall–Kier alpha value is -3.76. The van der Waals surface area contributed by atoms with E-state index in [0.717, 1.165) is 16.5 Å². The van der Waals surface area contributed by atoms with Crippen molar-refractivity contribution in [3.8, 4) is 0 Å². The lowest BCUT2D eigenvalue weighted by Crippen LogP contribution is -2.17. The van der Waals surface area contributed by atoms with Gasteiger partial charge >= 0.3 is 6.18 Å². The van der Waals surface area contributed by atoms with Gasteiger partial charge in [0.25, 0.3) is 11.6 Å². The number of aromatic nitrogens is 6. The van der Waals surface area contributed by atoms with Gasteiger partial charge in [0, 0.05) is 23.9 Å². The van der Waals surface area contributed by atoms with Crippen LogP contribution in [0, 0.1) is 13.8 Å². The van der Waals surface area contributed by atoms with Gasteiger partial charge in [-0.15, -0.1) is 5.10 Å². The summed E-state index contributed by atoms with van der Waals surface area (Å²) in [5.74, 6) is -1.03. The second-order valence-electron chi connectivity index (χ2n) is 8.00. The molecule has 11 heteroatoms. The number of hydrogen-bond donors (Lipinski definition) is 1. The largest absolute Gasteiger partial charge is 0.453 e. The summed E-state index contributed by atoms with van der Waals surface area (Å²) < 4.78 is 41.7. The molecule has 3 aromatic heterocycles. The topological polar surface area (TPSA) is 90.0 Å². The van der Waals surface area contributed by atoms with Crippen molar-refractivity contribution >= 4 is 17.5 Å². The van der Waals surface area contributed by atoms with Gasteiger partial charge in [-0.05, 0) is 43.4 Å². The molecule has 34 heavy (non-hydrogen) atoms. The van der Waals surface area contributed by atoms with Gasteiger partial charge in [-0.2, -0.15) is 23.3 Å². The van der Waals surface area contributed by atoms with E-state index >= 15 is 0 Å². The third-order valence-electron chi connectivity index (χ3n) is 5.65. The Bertz CT molecular complexity index is 1320. The van der Waals surface area contributed by atoms with Crippen LogP contribution < -0.4 is 5.32 Å². The van der Waals surface area contributed by atoms with Gasteiger partial charge in [-0.3, -0.25) is 4.79 Å². The fourth-order valence-electron chi connectivity index (χ4n) is 3.75. The molecule has 0 radical (unpaired) electrons. The van der Waals surface area contributed by atoms with Crippen molar-refractivity contribution in [2.75, 3.05) is 5.32 Å². The first-order chi connectivity index (χ1) is 16.2. The molecule has 8 nitrogen and oxygen atoms in total. The molecule has 0 bridgehead atoms. The Morgan fingerprint density at radius 1 is 1.06 bits per heavy atom. The monoisotopic (exact) mass is 471 g/mol. The van der Waals surface area contributed by atoms with E-state index in [9.17, 15) is 18.0 Å². The van der Waals surface area contributed by atoms with Crippen LogP contribution in [-0.2, 0) is 30.4 Å². The van der Waals surface area contributed by atoms with Crippen molar-refractivity contribution in [1.29, 1.82) is 0 Å². The number of nitrogens with zero attached hydrogens (tertiary/aromatic N) is 6. The normalized spacial score (nSPS) is 11.8. The molecule has 0 spiro atoms. The number of nitrogens with one attached hydrogen (secondary N) is 1. The van der Waals surface area contributed by atoms with E-state index in [1.807, 2.05) is 12.1 Å². The molecule has 4 aromatic rings. The molecule has 1 aromatic carbocycles. The average Bonchev–Trinajstić information content (AvgIpc) is 3.41. The van der Waals surface area contributed by atoms with E-state index in [1.54, 1.807) is 30.8 Å². The summed E-state index contributed by atoms with van der Waals surface area (Å²) in [6, 6.07) is 9.93. The Balaban J connectivity index is 1.44. The number of amides is 1. The molecule has 0 fully saturated rings. The van der Waals surface area contributed by atoms with Crippen LogP contribution in [-0.4, -0.2) is 35.3 Å². The standard InChI is InChI=1S/C23H24F3N7O/c1-4-16-5-7-17(8-6-16)13-32-19(11-12-27-32)29-20(34)10-9-18-14(2)28-22-30-21(23(24,25)26)31-33(22)15(18)3/h5-8,11-12H,4,9-10,13H2,1-3H3,(H,29,34). The Morgan fingerprint density at radius 3 is 2.44 bits per heavy atom. The van der Waals surface area contributed by atoms with E-state index in [4.69, 9.17) is 0 Å². The van der Waals surface area contributed by atoms with Gasteiger partial charge in [-0.1, -0.05) is 31.2 Å². The van der Waals surface area contributed by atoms with Crippen LogP contribution >= 0.6 is 0 Å². The second kappa shape index (κ2) is 9.24. The number of anilines is 1. The van der Waals surface area contributed by atoms with E-state index in [2.05, 4.69) is 44.5 Å². The molecular formula is C23H24F3N7O. The average molecular weight is 471 g/mol. The summed E-state index contributed by atoms with van der Waals surface area (Å²) in [6.07, 6.45) is -1.67. The van der Waals surface area contributed by atoms with Crippen LogP contribution in [0.3, 0.4) is 0 Å². The van der Waals surface area contributed by atoms with Crippen molar-refractivity contribution in [3.63, 3.8) is 0 Å². The fourth-order valence-corrected chi connectivity index (χ4v) is 3.75. The summed E-state index contributed by atoms with van der Waals surface area (Å²) in [5.41, 5.74) is 3.95. The van der Waals surface area contributed by atoms with Crippen LogP contribution in [0.1, 0.15) is 47.2 Å². The number of carbonyl (C=O) groups excluding carboxylic acids is 1. The van der Waals surface area contributed by atoms with Crippen LogP contribution in [0.15, 0.2) is 36.5 Å². The highest BCUT2D eigenvalue weighted by Crippen LogP contribution is 2.27. The molecule has 4 rings (SSSR count). The number of fused-ring (bicyclic) bond motifs is 1. The molecule has 0 saturated heterocycles. The lowest BCUT2D eigenvalue weighted by Gasteiger charge is -2.12. The third kappa shape index (κ3) is 4.92. The van der Waals surface area contributed by atoms with E-state index in [0.29, 0.717) is 35.7 Å². The van der Waals surface area contributed by atoms with Crippen molar-refractivity contribution in [3.05, 3.63) is 70.4 Å². The molecule has 0 atom stereocenters. The maximum atomic E-state index is 13.0. The number of aryl methyl sites for hydroxylation is 3. The van der Waals surface area contributed by atoms with Crippen LogP contribution in [0.2, 0.25) is 0 Å². The number of rotatable bonds is 7. The third-order valence-corrected chi connectivity index (χ3v) is 5.65. The van der Waals surface area contributed by atoms with Crippen LogP contribution in [0.4, 0.5) is 19.0 Å².